The molecule has 5 heteroatoms. The lowest BCUT2D eigenvalue weighted by Crippen LogP contribution is -2.37. The van der Waals surface area contributed by atoms with E-state index in [2.05, 4.69) is 256 Å². The van der Waals surface area contributed by atoms with Gasteiger partial charge in [-0.3, -0.25) is 0 Å². The molecule has 0 unspecified atom stereocenters. The highest BCUT2D eigenvalue weighted by Gasteiger charge is 2.41. The average Bonchev–Trinajstić information content (AvgIpc) is 4.06. The first-order chi connectivity index (χ1) is 35.1. The molecule has 14 rings (SSSR count). The van der Waals surface area contributed by atoms with Crippen molar-refractivity contribution in [1.29, 1.82) is 0 Å². The molecule has 0 saturated carbocycles. The Morgan fingerprint density at radius 3 is 1.51 bits per heavy atom. The van der Waals surface area contributed by atoms with E-state index in [9.17, 15) is 0 Å². The van der Waals surface area contributed by atoms with Crippen molar-refractivity contribution in [2.75, 3.05) is 9.80 Å². The van der Waals surface area contributed by atoms with Gasteiger partial charge in [0.1, 0.15) is 11.2 Å². The summed E-state index contributed by atoms with van der Waals surface area (Å²) in [6.45, 7) is 14.2. The van der Waals surface area contributed by atoms with Crippen LogP contribution in [0.3, 0.4) is 0 Å². The first-order valence-corrected chi connectivity index (χ1v) is 28.7. The molecule has 0 spiro atoms. The summed E-state index contributed by atoms with van der Waals surface area (Å²) in [5, 5.41) is 13.3. The zero-order chi connectivity index (χ0) is 48.6. The monoisotopic (exact) mass is 944 g/mol. The van der Waals surface area contributed by atoms with E-state index in [4.69, 9.17) is 8.83 Å². The van der Waals surface area contributed by atoms with Crippen LogP contribution in [0, 0.1) is 6.92 Å². The van der Waals surface area contributed by atoms with E-state index in [1.54, 1.807) is 0 Å². The van der Waals surface area contributed by atoms with Gasteiger partial charge in [0.25, 0.3) is 0 Å². The van der Waals surface area contributed by atoms with Crippen molar-refractivity contribution >= 4 is 124 Å². The molecule has 0 amide bonds. The number of benzene rings is 11. The number of hydrogen-bond donors (Lipinski definition) is 0. The van der Waals surface area contributed by atoms with Gasteiger partial charge in [0.05, 0.1) is 25.1 Å². The normalized spacial score (nSPS) is 13.2. The Labute approximate surface area is 420 Å². The van der Waals surface area contributed by atoms with E-state index in [1.807, 2.05) is 0 Å². The maximum Gasteiger partial charge on any atom is 0.159 e. The van der Waals surface area contributed by atoms with Crippen molar-refractivity contribution in [3.63, 3.8) is 0 Å². The van der Waals surface area contributed by atoms with Crippen LogP contribution in [0.4, 0.5) is 34.1 Å². The third-order valence-electron chi connectivity index (χ3n) is 15.6. The molecule has 1 aliphatic carbocycles. The summed E-state index contributed by atoms with van der Waals surface area (Å²) in [6, 6.07) is 75.6. The van der Waals surface area contributed by atoms with E-state index >= 15 is 0 Å². The molecule has 0 aliphatic heterocycles. The standard InChI is InChI=1S/C67H52N2O2Si/c1-41-21-17-30-50-51-31-18-34-56(64(51)70-63(41)50)68(42-22-9-7-10-23-42)44-37-38-49-54(39-44)45-26-13-15-28-47(45)61-60-48-29-16-14-27-46(48)58(40-55(60)67(2,3)62(49)61)69(43-24-11-8-12-25-43)57-35-19-32-52-53-33-20-36-59(72(4,5)6)66(53)71-65(52)57/h7-40H,1-6H3. The largest absolute Gasteiger partial charge is 0.454 e. The molecule has 0 saturated heterocycles. The van der Waals surface area contributed by atoms with E-state index in [0.717, 1.165) is 78.2 Å². The number of aryl methyl sites for hydroxylation is 1. The van der Waals surface area contributed by atoms with Gasteiger partial charge in [-0.15, -0.1) is 0 Å². The molecule has 72 heavy (non-hydrogen) atoms. The summed E-state index contributed by atoms with van der Waals surface area (Å²) in [4.78, 5) is 4.82. The second-order valence-electron chi connectivity index (χ2n) is 21.3. The summed E-state index contributed by atoms with van der Waals surface area (Å²) in [5.41, 5.74) is 16.1. The van der Waals surface area contributed by atoms with Crippen LogP contribution in [0.5, 0.6) is 0 Å². The lowest BCUT2D eigenvalue weighted by atomic mass is 9.79. The van der Waals surface area contributed by atoms with Crippen LogP contribution < -0.4 is 15.0 Å². The van der Waals surface area contributed by atoms with Gasteiger partial charge in [-0.1, -0.05) is 185 Å². The fourth-order valence-electron chi connectivity index (χ4n) is 12.3. The third-order valence-corrected chi connectivity index (χ3v) is 17.6. The Kier molecular flexibility index (Phi) is 9.18. The summed E-state index contributed by atoms with van der Waals surface area (Å²) in [5.74, 6) is 0. The predicted octanol–water partition coefficient (Wildman–Crippen LogP) is 19.0. The van der Waals surface area contributed by atoms with Crippen LogP contribution in [0.1, 0.15) is 30.5 Å². The first-order valence-electron chi connectivity index (χ1n) is 25.2. The Balaban J connectivity index is 1.01. The number of nitrogens with zero attached hydrogens (tertiary/aromatic N) is 2. The maximum absolute atomic E-state index is 7.16. The summed E-state index contributed by atoms with van der Waals surface area (Å²) < 4.78 is 14.0. The van der Waals surface area contributed by atoms with Gasteiger partial charge < -0.3 is 18.6 Å². The van der Waals surface area contributed by atoms with Crippen molar-refractivity contribution in [3.05, 3.63) is 223 Å². The number of fused-ring (bicyclic) bond motifs is 16. The van der Waals surface area contributed by atoms with Gasteiger partial charge in [0.15, 0.2) is 11.2 Å². The molecule has 11 aromatic carbocycles. The molecule has 4 nitrogen and oxygen atoms in total. The Hall–Kier alpha value is -8.38. The Bertz CT molecular complexity index is 4370. The summed E-state index contributed by atoms with van der Waals surface area (Å²) in [6.07, 6.45) is 0. The number of rotatable bonds is 7. The lowest BCUT2D eigenvalue weighted by Gasteiger charge is -2.30. The fraction of sp³-hybridized carbons (Fsp3) is 0.104. The van der Waals surface area contributed by atoms with Crippen molar-refractivity contribution in [2.24, 2.45) is 0 Å². The number of furan rings is 2. The molecule has 0 bridgehead atoms. The topological polar surface area (TPSA) is 32.8 Å². The Morgan fingerprint density at radius 2 is 0.861 bits per heavy atom. The minimum atomic E-state index is -1.74. The molecule has 0 fully saturated rings. The molecule has 346 valence electrons. The van der Waals surface area contributed by atoms with Crippen LogP contribution in [0.15, 0.2) is 215 Å². The summed E-state index contributed by atoms with van der Waals surface area (Å²) >= 11 is 0. The molecule has 0 N–H and O–H groups in total. The van der Waals surface area contributed by atoms with Crippen LogP contribution in [0.2, 0.25) is 19.6 Å². The van der Waals surface area contributed by atoms with Gasteiger partial charge in [0.2, 0.25) is 0 Å². The van der Waals surface area contributed by atoms with E-state index in [1.165, 1.54) is 65.1 Å². The summed E-state index contributed by atoms with van der Waals surface area (Å²) in [7, 11) is -1.74. The molecule has 0 atom stereocenters. The number of hydrogen-bond acceptors (Lipinski definition) is 4. The smallest absolute Gasteiger partial charge is 0.159 e. The molecule has 2 aromatic heterocycles. The van der Waals surface area contributed by atoms with Gasteiger partial charge in [-0.2, -0.15) is 0 Å². The zero-order valence-electron chi connectivity index (χ0n) is 41.3. The molecule has 0 radical (unpaired) electrons. The van der Waals surface area contributed by atoms with Crippen molar-refractivity contribution in [3.8, 4) is 11.1 Å². The van der Waals surface area contributed by atoms with E-state index < -0.39 is 8.07 Å². The van der Waals surface area contributed by atoms with E-state index in [0.29, 0.717) is 0 Å². The van der Waals surface area contributed by atoms with Crippen LogP contribution in [0.25, 0.3) is 87.3 Å². The van der Waals surface area contributed by atoms with Crippen molar-refractivity contribution in [1.82, 2.24) is 0 Å². The van der Waals surface area contributed by atoms with Crippen LogP contribution in [-0.4, -0.2) is 8.07 Å². The van der Waals surface area contributed by atoms with Crippen molar-refractivity contribution < 1.29 is 8.83 Å². The third kappa shape index (κ3) is 6.10. The van der Waals surface area contributed by atoms with Gasteiger partial charge in [-0.25, -0.2) is 0 Å². The van der Waals surface area contributed by atoms with Gasteiger partial charge in [0, 0.05) is 49.4 Å². The second kappa shape index (κ2) is 15.6. The minimum Gasteiger partial charge on any atom is -0.454 e. The quantitative estimate of drug-likeness (QED) is 0.118. The fourth-order valence-corrected chi connectivity index (χ4v) is 13.8. The average molecular weight is 945 g/mol. The van der Waals surface area contributed by atoms with Crippen LogP contribution >= 0.6 is 0 Å². The lowest BCUT2D eigenvalue weighted by molar-refractivity contribution is 0.666. The number of para-hydroxylation sites is 6. The van der Waals surface area contributed by atoms with Gasteiger partial charge >= 0.3 is 0 Å². The predicted molar refractivity (Wildman–Crippen MR) is 308 cm³/mol. The first kappa shape index (κ1) is 42.5. The van der Waals surface area contributed by atoms with Crippen molar-refractivity contribution in [2.45, 2.75) is 45.8 Å². The molecule has 2 heterocycles. The maximum atomic E-state index is 7.16. The highest BCUT2D eigenvalue weighted by molar-refractivity contribution is 6.90. The zero-order valence-corrected chi connectivity index (χ0v) is 42.3. The second-order valence-corrected chi connectivity index (χ2v) is 26.3. The Morgan fingerprint density at radius 1 is 0.361 bits per heavy atom. The highest BCUT2D eigenvalue weighted by atomic mass is 28.3. The van der Waals surface area contributed by atoms with Gasteiger partial charge in [-0.05, 0) is 121 Å². The molecular formula is C67H52N2O2Si. The highest BCUT2D eigenvalue weighted by Crippen LogP contribution is 2.59. The molecular weight excluding hydrogens is 893 g/mol. The SMILES string of the molecule is Cc1cccc2c1oc1c(N(c3ccccc3)c3ccc4c5c(c6ccccc6c4c3)-c3c(cc(N(c4ccccc4)c4cccc6c4oc4c([Si](C)(C)C)cccc46)c4ccccc34)C5(C)C)cccc12. The molecule has 13 aromatic rings. The number of anilines is 6. The van der Waals surface area contributed by atoms with Crippen LogP contribution in [-0.2, 0) is 5.41 Å². The minimum absolute atomic E-state index is 0.385. The molecule has 1 aliphatic rings. The van der Waals surface area contributed by atoms with E-state index in [-0.39, 0.29) is 5.41 Å².